The molecule has 1 aromatic heterocycles. The lowest BCUT2D eigenvalue weighted by molar-refractivity contribution is -0.176. The molecule has 2 heterocycles. The van der Waals surface area contributed by atoms with Crippen LogP contribution < -0.4 is 11.2 Å². The molecule has 4 N–H and O–H groups in total. The van der Waals surface area contributed by atoms with Crippen LogP contribution in [-0.4, -0.2) is 55.6 Å². The van der Waals surface area contributed by atoms with Gasteiger partial charge in [0.25, 0.3) is 5.56 Å². The Hall–Kier alpha value is -1.81. The van der Waals surface area contributed by atoms with Gasteiger partial charge in [-0.2, -0.15) is 0 Å². The summed E-state index contributed by atoms with van der Waals surface area (Å²) in [5, 5.41) is 29.6. The van der Waals surface area contributed by atoms with Crippen LogP contribution >= 0.6 is 0 Å². The number of carbonyl (C=O) groups excluding carboxylic acids is 1. The van der Waals surface area contributed by atoms with Gasteiger partial charge in [-0.05, 0) is 6.42 Å². The van der Waals surface area contributed by atoms with Crippen LogP contribution in [0, 0.1) is 0 Å². The van der Waals surface area contributed by atoms with Crippen molar-refractivity contribution >= 4 is 5.78 Å². The van der Waals surface area contributed by atoms with Gasteiger partial charge in [0.05, 0.1) is 6.61 Å². The van der Waals surface area contributed by atoms with Gasteiger partial charge in [-0.25, -0.2) is 4.79 Å². The summed E-state index contributed by atoms with van der Waals surface area (Å²) in [6.45, 7) is 1.22. The minimum Gasteiger partial charge on any atom is -0.394 e. The molecule has 0 amide bonds. The second kappa shape index (κ2) is 6.75. The molecule has 2 rings (SSSR count). The summed E-state index contributed by atoms with van der Waals surface area (Å²) >= 11 is 0. The Morgan fingerprint density at radius 3 is 2.65 bits per heavy atom. The van der Waals surface area contributed by atoms with Gasteiger partial charge in [-0.15, -0.1) is 0 Å². The molecule has 9 heteroatoms. The number of aromatic amines is 1. The van der Waals surface area contributed by atoms with Gasteiger partial charge in [-0.3, -0.25) is 19.1 Å². The zero-order valence-corrected chi connectivity index (χ0v) is 12.6. The van der Waals surface area contributed by atoms with Gasteiger partial charge in [0, 0.05) is 18.7 Å². The van der Waals surface area contributed by atoms with E-state index in [0.717, 1.165) is 16.8 Å². The van der Waals surface area contributed by atoms with Crippen molar-refractivity contribution in [2.45, 2.75) is 50.2 Å². The molecule has 4 atom stereocenters. The lowest BCUT2D eigenvalue weighted by atomic mass is 9.95. The molecule has 1 fully saturated rings. The van der Waals surface area contributed by atoms with E-state index >= 15 is 0 Å². The van der Waals surface area contributed by atoms with Gasteiger partial charge in [0.1, 0.15) is 18.3 Å². The lowest BCUT2D eigenvalue weighted by Gasteiger charge is -2.32. The van der Waals surface area contributed by atoms with Gasteiger partial charge >= 0.3 is 5.69 Å². The van der Waals surface area contributed by atoms with Crippen LogP contribution in [0.2, 0.25) is 0 Å². The average molecular weight is 328 g/mol. The highest BCUT2D eigenvalue weighted by atomic mass is 16.6. The Kier molecular flexibility index (Phi) is 5.15. The number of unbranched alkanes of at least 4 members (excludes halogenated alkanes) is 1. The molecule has 23 heavy (non-hydrogen) atoms. The van der Waals surface area contributed by atoms with E-state index in [1.807, 2.05) is 11.9 Å². The first kappa shape index (κ1) is 17.5. The molecule has 0 unspecified atom stereocenters. The average Bonchev–Trinajstić information content (AvgIpc) is 2.78. The third-order valence-electron chi connectivity index (χ3n) is 3.96. The highest BCUT2D eigenvalue weighted by molar-refractivity contribution is 5.86. The van der Waals surface area contributed by atoms with E-state index in [-0.39, 0.29) is 6.42 Å². The number of ether oxygens (including phenoxy) is 1. The summed E-state index contributed by atoms with van der Waals surface area (Å²) in [5.74, 6) is -0.615. The summed E-state index contributed by atoms with van der Waals surface area (Å²) in [7, 11) is 0. The first-order valence-electron chi connectivity index (χ1n) is 7.39. The van der Waals surface area contributed by atoms with Crippen LogP contribution in [-0.2, 0) is 15.3 Å². The zero-order chi connectivity index (χ0) is 17.2. The highest BCUT2D eigenvalue weighted by Gasteiger charge is 2.59. The van der Waals surface area contributed by atoms with Gasteiger partial charge in [0.15, 0.2) is 5.78 Å². The van der Waals surface area contributed by atoms with Crippen molar-refractivity contribution in [1.82, 2.24) is 9.55 Å². The van der Waals surface area contributed by atoms with Crippen LogP contribution in [0.3, 0.4) is 0 Å². The summed E-state index contributed by atoms with van der Waals surface area (Å²) < 4.78 is 6.19. The minimum atomic E-state index is -2.18. The second-order valence-electron chi connectivity index (χ2n) is 5.48. The van der Waals surface area contributed by atoms with Crippen molar-refractivity contribution in [2.75, 3.05) is 6.61 Å². The monoisotopic (exact) mass is 328 g/mol. The van der Waals surface area contributed by atoms with Crippen LogP contribution in [0.1, 0.15) is 26.2 Å². The number of aliphatic hydroxyl groups excluding tert-OH is 3. The number of hydrogen-bond acceptors (Lipinski definition) is 7. The molecule has 1 aromatic rings. The maximum Gasteiger partial charge on any atom is 0.331 e. The number of nitrogens with zero attached hydrogens (tertiary/aromatic N) is 1. The SMILES string of the molecule is CCCCC(=O)[C@@]1(n2ccc(=O)[nH]c2=O)O[C@H](CO)[C@@H](O)[C@H]1O. The Morgan fingerprint density at radius 2 is 2.13 bits per heavy atom. The molecule has 0 bridgehead atoms. The molecule has 0 radical (unpaired) electrons. The minimum absolute atomic E-state index is 0.00396. The van der Waals surface area contributed by atoms with E-state index < -0.39 is 47.7 Å². The molecule has 1 aliphatic heterocycles. The molecular weight excluding hydrogens is 308 g/mol. The first-order chi connectivity index (χ1) is 10.9. The number of H-pyrrole nitrogens is 1. The van der Waals surface area contributed by atoms with E-state index in [4.69, 9.17) is 4.74 Å². The number of rotatable bonds is 6. The molecule has 128 valence electrons. The lowest BCUT2D eigenvalue weighted by Crippen LogP contribution is -2.56. The molecule has 0 saturated carbocycles. The summed E-state index contributed by atoms with van der Waals surface area (Å²) in [6.07, 6.45) is -2.31. The van der Waals surface area contributed by atoms with Crippen molar-refractivity contribution in [2.24, 2.45) is 0 Å². The number of aliphatic hydroxyl groups is 3. The number of carbonyl (C=O) groups is 1. The van der Waals surface area contributed by atoms with Gasteiger partial charge < -0.3 is 20.1 Å². The van der Waals surface area contributed by atoms with E-state index in [1.165, 1.54) is 0 Å². The number of nitrogens with one attached hydrogen (secondary N) is 1. The predicted octanol–water partition coefficient (Wildman–Crippen LogP) is -1.94. The summed E-state index contributed by atoms with van der Waals surface area (Å²) in [5.41, 5.74) is -3.80. The standard InChI is InChI=1S/C14H20N2O7/c1-2-3-4-9(18)14(12(21)11(20)8(7-17)23-14)16-6-5-10(19)15-13(16)22/h5-6,8,11-12,17,20-21H,2-4,7H2,1H3,(H,15,19,22)/t8-,11-,12-,14-/m1/s1. The number of aromatic nitrogens is 2. The smallest absolute Gasteiger partial charge is 0.331 e. The fourth-order valence-electron chi connectivity index (χ4n) is 2.71. The Morgan fingerprint density at radius 1 is 1.43 bits per heavy atom. The van der Waals surface area contributed by atoms with Crippen LogP contribution in [0.5, 0.6) is 0 Å². The van der Waals surface area contributed by atoms with Crippen molar-refractivity contribution in [1.29, 1.82) is 0 Å². The molecule has 1 aliphatic rings. The fraction of sp³-hybridized carbons (Fsp3) is 0.643. The third-order valence-corrected chi connectivity index (χ3v) is 3.96. The Labute approximate surface area is 131 Å². The van der Waals surface area contributed by atoms with Crippen LogP contribution in [0.4, 0.5) is 0 Å². The van der Waals surface area contributed by atoms with Crippen molar-refractivity contribution < 1.29 is 24.9 Å². The molecule has 0 aliphatic carbocycles. The zero-order valence-electron chi connectivity index (χ0n) is 12.6. The maximum atomic E-state index is 12.7. The highest BCUT2D eigenvalue weighted by Crippen LogP contribution is 2.36. The topological polar surface area (TPSA) is 142 Å². The number of Topliss-reactive ketones (excluding diaryl/α,β-unsaturated/α-hetero) is 1. The molecule has 0 aromatic carbocycles. The van der Waals surface area contributed by atoms with Crippen molar-refractivity contribution in [3.63, 3.8) is 0 Å². The van der Waals surface area contributed by atoms with Gasteiger partial charge in [-0.1, -0.05) is 13.3 Å². The first-order valence-corrected chi connectivity index (χ1v) is 7.39. The Bertz CT molecular complexity index is 682. The molecule has 9 nitrogen and oxygen atoms in total. The maximum absolute atomic E-state index is 12.7. The Balaban J connectivity index is 2.59. The largest absolute Gasteiger partial charge is 0.394 e. The van der Waals surface area contributed by atoms with E-state index in [2.05, 4.69) is 0 Å². The van der Waals surface area contributed by atoms with Crippen LogP contribution in [0.15, 0.2) is 21.9 Å². The van der Waals surface area contributed by atoms with Crippen LogP contribution in [0.25, 0.3) is 0 Å². The molecule has 0 spiro atoms. The molecular formula is C14H20N2O7. The quantitative estimate of drug-likeness (QED) is 0.476. The second-order valence-corrected chi connectivity index (χ2v) is 5.48. The third kappa shape index (κ3) is 2.88. The predicted molar refractivity (Wildman–Crippen MR) is 77.8 cm³/mol. The van der Waals surface area contributed by atoms with E-state index in [0.29, 0.717) is 12.8 Å². The summed E-state index contributed by atoms with van der Waals surface area (Å²) in [4.78, 5) is 37.9. The van der Waals surface area contributed by atoms with Crippen molar-refractivity contribution in [3.8, 4) is 0 Å². The molecule has 1 saturated heterocycles. The number of hydrogen-bond donors (Lipinski definition) is 4. The number of ketones is 1. The van der Waals surface area contributed by atoms with Gasteiger partial charge in [0.2, 0.25) is 5.72 Å². The normalized spacial score (nSPS) is 30.5. The van der Waals surface area contributed by atoms with Crippen molar-refractivity contribution in [3.05, 3.63) is 33.1 Å². The van der Waals surface area contributed by atoms with E-state index in [1.54, 1.807) is 0 Å². The fourth-order valence-corrected chi connectivity index (χ4v) is 2.71. The van der Waals surface area contributed by atoms with E-state index in [9.17, 15) is 29.7 Å². The summed E-state index contributed by atoms with van der Waals surface area (Å²) in [6, 6.07) is 1.00.